The second-order valence-electron chi connectivity index (χ2n) is 3.84. The maximum atomic E-state index is 11.1. The van der Waals surface area contributed by atoms with Gasteiger partial charge in [-0.25, -0.2) is 0 Å². The van der Waals surface area contributed by atoms with Gasteiger partial charge in [-0.3, -0.25) is 4.79 Å². The molecule has 0 aliphatic heterocycles. The van der Waals surface area contributed by atoms with Crippen LogP contribution in [0.25, 0.3) is 0 Å². The summed E-state index contributed by atoms with van der Waals surface area (Å²) < 4.78 is 0. The molecule has 5 nitrogen and oxygen atoms in total. The van der Waals surface area contributed by atoms with Crippen molar-refractivity contribution in [3.63, 3.8) is 0 Å². The number of likely N-dealkylation sites (N-methyl/N-ethyl adjacent to an activating group) is 1. The van der Waals surface area contributed by atoms with E-state index < -0.39 is 12.2 Å². The lowest BCUT2D eigenvalue weighted by molar-refractivity contribution is -0.119. The third kappa shape index (κ3) is 3.81. The van der Waals surface area contributed by atoms with Gasteiger partial charge in [-0.2, -0.15) is 0 Å². The van der Waals surface area contributed by atoms with Crippen molar-refractivity contribution in [2.75, 3.05) is 13.6 Å². The van der Waals surface area contributed by atoms with E-state index in [9.17, 15) is 15.0 Å². The smallest absolute Gasteiger partial charge is 0.224 e. The number of nitrogens with two attached hydrogens (primary N) is 1. The van der Waals surface area contributed by atoms with E-state index in [1.807, 2.05) is 0 Å². The van der Waals surface area contributed by atoms with E-state index in [2.05, 4.69) is 5.32 Å². The Hall–Kier alpha value is -1.43. The van der Waals surface area contributed by atoms with Gasteiger partial charge < -0.3 is 21.3 Å². The molecule has 0 aliphatic carbocycles. The summed E-state index contributed by atoms with van der Waals surface area (Å²) in [6, 6.07) is 6.86. The highest BCUT2D eigenvalue weighted by Gasteiger charge is 2.16. The predicted molar refractivity (Wildman–Crippen MR) is 64.2 cm³/mol. The van der Waals surface area contributed by atoms with Crippen molar-refractivity contribution in [3.8, 4) is 0 Å². The lowest BCUT2D eigenvalue weighted by atomic mass is 10.0. The fourth-order valence-electron chi connectivity index (χ4n) is 1.46. The minimum Gasteiger partial charge on any atom is -0.389 e. The Balaban J connectivity index is 2.70. The number of carbonyl (C=O) groups is 1. The molecule has 0 aliphatic rings. The second-order valence-corrected chi connectivity index (χ2v) is 3.84. The van der Waals surface area contributed by atoms with Crippen LogP contribution in [0.15, 0.2) is 24.3 Å². The van der Waals surface area contributed by atoms with Gasteiger partial charge in [-0.15, -0.1) is 0 Å². The Labute approximate surface area is 100 Å². The Bertz CT molecular complexity index is 365. The minimum atomic E-state index is -0.992. The Morgan fingerprint density at radius 1 is 1.35 bits per heavy atom. The first-order chi connectivity index (χ1) is 8.08. The maximum absolute atomic E-state index is 11.1. The zero-order chi connectivity index (χ0) is 12.8. The maximum Gasteiger partial charge on any atom is 0.224 e. The van der Waals surface area contributed by atoms with Crippen LogP contribution in [0.3, 0.4) is 0 Å². The molecule has 0 aromatic heterocycles. The van der Waals surface area contributed by atoms with E-state index in [-0.39, 0.29) is 12.5 Å². The quantitative estimate of drug-likeness (QED) is 0.547. The highest BCUT2D eigenvalue weighted by Crippen LogP contribution is 2.17. The van der Waals surface area contributed by atoms with Gasteiger partial charge in [0.15, 0.2) is 0 Å². The summed E-state index contributed by atoms with van der Waals surface area (Å²) in [4.78, 5) is 11.1. The first-order valence-corrected chi connectivity index (χ1v) is 5.44. The number of aliphatic hydroxyl groups is 2. The second kappa shape index (κ2) is 6.34. The van der Waals surface area contributed by atoms with Crippen LogP contribution in [0.5, 0.6) is 0 Å². The Morgan fingerprint density at radius 3 is 2.41 bits per heavy atom. The summed E-state index contributed by atoms with van der Waals surface area (Å²) in [6.07, 6.45) is -1.67. The van der Waals surface area contributed by atoms with Crippen LogP contribution in [0, 0.1) is 0 Å². The summed E-state index contributed by atoms with van der Waals surface area (Å²) in [6.45, 7) is 0.00115. The number of amides is 1. The van der Waals surface area contributed by atoms with E-state index in [1.165, 1.54) is 0 Å². The molecule has 5 N–H and O–H groups in total. The number of carbonyl (C=O) groups excluding carboxylic acids is 1. The molecule has 0 saturated heterocycles. The lowest BCUT2D eigenvalue weighted by Crippen LogP contribution is -2.27. The molecular weight excluding hydrogens is 220 g/mol. The molecule has 17 heavy (non-hydrogen) atoms. The number of hydrogen-bond donors (Lipinski definition) is 4. The minimum absolute atomic E-state index is 0.00115. The van der Waals surface area contributed by atoms with Crippen LogP contribution in [0.2, 0.25) is 0 Å². The number of benzene rings is 1. The third-order valence-corrected chi connectivity index (χ3v) is 2.57. The first kappa shape index (κ1) is 13.6. The summed E-state index contributed by atoms with van der Waals surface area (Å²) in [7, 11) is 1.58. The molecule has 0 radical (unpaired) electrons. The van der Waals surface area contributed by atoms with Crippen molar-refractivity contribution in [1.29, 1.82) is 0 Å². The van der Waals surface area contributed by atoms with Crippen molar-refractivity contribution in [3.05, 3.63) is 35.4 Å². The number of hydrogen-bond acceptors (Lipinski definition) is 4. The normalized spacial score (nSPS) is 14.1. The fraction of sp³-hybridized carbons (Fsp3) is 0.417. The van der Waals surface area contributed by atoms with Crippen LogP contribution < -0.4 is 11.1 Å². The highest BCUT2D eigenvalue weighted by atomic mass is 16.3. The molecule has 94 valence electrons. The van der Waals surface area contributed by atoms with Gasteiger partial charge in [-0.05, 0) is 11.1 Å². The molecule has 0 heterocycles. The molecule has 5 heteroatoms. The van der Waals surface area contributed by atoms with Gasteiger partial charge in [0.2, 0.25) is 5.91 Å². The molecule has 1 amide bonds. The molecule has 1 rings (SSSR count). The predicted octanol–water partition coefficient (Wildman–Crippen LogP) is -0.672. The average Bonchev–Trinajstić information content (AvgIpc) is 2.37. The van der Waals surface area contributed by atoms with Gasteiger partial charge in [-0.1, -0.05) is 24.3 Å². The van der Waals surface area contributed by atoms with E-state index in [0.29, 0.717) is 12.0 Å². The molecule has 0 spiro atoms. The number of aliphatic hydroxyl groups excluding tert-OH is 2. The van der Waals surface area contributed by atoms with E-state index in [4.69, 9.17) is 5.73 Å². The van der Waals surface area contributed by atoms with Crippen LogP contribution in [-0.2, 0) is 11.2 Å². The number of nitrogens with one attached hydrogen (secondary N) is 1. The Kier molecular flexibility index (Phi) is 5.09. The van der Waals surface area contributed by atoms with Crippen molar-refractivity contribution in [1.82, 2.24) is 5.32 Å². The summed E-state index contributed by atoms with van der Waals surface area (Å²) in [5, 5.41) is 21.6. The average molecular weight is 238 g/mol. The van der Waals surface area contributed by atoms with E-state index in [0.717, 1.165) is 5.56 Å². The van der Waals surface area contributed by atoms with Gasteiger partial charge in [0, 0.05) is 13.6 Å². The summed E-state index contributed by atoms with van der Waals surface area (Å²) in [5.74, 6) is -0.0692. The molecule has 2 unspecified atom stereocenters. The fourth-order valence-corrected chi connectivity index (χ4v) is 1.46. The van der Waals surface area contributed by atoms with Crippen molar-refractivity contribution < 1.29 is 15.0 Å². The zero-order valence-corrected chi connectivity index (χ0v) is 9.76. The highest BCUT2D eigenvalue weighted by molar-refractivity contribution is 5.78. The molecule has 2 atom stereocenters. The molecule has 0 fully saturated rings. The Morgan fingerprint density at radius 2 is 1.94 bits per heavy atom. The zero-order valence-electron chi connectivity index (χ0n) is 9.76. The van der Waals surface area contributed by atoms with Crippen molar-refractivity contribution >= 4 is 5.91 Å². The largest absolute Gasteiger partial charge is 0.389 e. The molecular formula is C12H18N2O3. The van der Waals surface area contributed by atoms with Gasteiger partial charge in [0.05, 0.1) is 12.5 Å². The van der Waals surface area contributed by atoms with Crippen LogP contribution >= 0.6 is 0 Å². The van der Waals surface area contributed by atoms with Crippen LogP contribution in [-0.4, -0.2) is 35.8 Å². The molecule has 0 bridgehead atoms. The molecule has 1 aromatic rings. The van der Waals surface area contributed by atoms with Crippen molar-refractivity contribution in [2.24, 2.45) is 5.73 Å². The third-order valence-electron chi connectivity index (χ3n) is 2.57. The van der Waals surface area contributed by atoms with Gasteiger partial charge >= 0.3 is 0 Å². The summed E-state index contributed by atoms with van der Waals surface area (Å²) in [5.41, 5.74) is 6.70. The van der Waals surface area contributed by atoms with E-state index in [1.54, 1.807) is 31.3 Å². The van der Waals surface area contributed by atoms with Crippen LogP contribution in [0.4, 0.5) is 0 Å². The van der Waals surface area contributed by atoms with Crippen LogP contribution in [0.1, 0.15) is 17.2 Å². The SMILES string of the molecule is CNC(=O)Cc1ccc(C(O)C(O)CN)cc1. The molecule has 0 saturated carbocycles. The first-order valence-electron chi connectivity index (χ1n) is 5.44. The molecule has 1 aromatic carbocycles. The standard InChI is InChI=1S/C12H18N2O3/c1-14-11(16)6-8-2-4-9(5-3-8)12(17)10(15)7-13/h2-5,10,12,15,17H,6-7,13H2,1H3,(H,14,16). The van der Waals surface area contributed by atoms with Gasteiger partial charge in [0.25, 0.3) is 0 Å². The lowest BCUT2D eigenvalue weighted by Gasteiger charge is -2.16. The summed E-state index contributed by atoms with van der Waals surface area (Å²) >= 11 is 0. The van der Waals surface area contributed by atoms with Crippen molar-refractivity contribution in [2.45, 2.75) is 18.6 Å². The van der Waals surface area contributed by atoms with Gasteiger partial charge in [0.1, 0.15) is 6.10 Å². The van der Waals surface area contributed by atoms with E-state index >= 15 is 0 Å². The topological polar surface area (TPSA) is 95.6 Å². The monoisotopic (exact) mass is 238 g/mol. The number of rotatable bonds is 5.